The summed E-state index contributed by atoms with van der Waals surface area (Å²) < 4.78 is 12.8. The van der Waals surface area contributed by atoms with Gasteiger partial charge in [0.1, 0.15) is 5.82 Å². The van der Waals surface area contributed by atoms with Crippen LogP contribution in [0.15, 0.2) is 24.3 Å². The number of carbonyl (C=O) groups excluding carboxylic acids is 2. The lowest BCUT2D eigenvalue weighted by atomic mass is 10.2. The molecule has 0 fully saturated rings. The molecule has 0 aliphatic carbocycles. The minimum absolute atomic E-state index is 0.0688. The maximum Gasteiger partial charge on any atom is 0.332 e. The fourth-order valence-electron chi connectivity index (χ4n) is 1.11. The first-order valence-corrected chi connectivity index (χ1v) is 5.15. The van der Waals surface area contributed by atoms with E-state index in [9.17, 15) is 18.8 Å². The molecule has 0 saturated heterocycles. The summed E-state index contributed by atoms with van der Waals surface area (Å²) in [6.07, 6.45) is 0. The second-order valence-electron chi connectivity index (χ2n) is 3.40. The summed E-state index contributed by atoms with van der Waals surface area (Å²) in [5, 5.41) is 10.5. The SMILES string of the molecule is O=C(O)CONC(=O)CNC(=O)c1cccc(F)c1. The van der Waals surface area contributed by atoms with Gasteiger partial charge in [-0.25, -0.2) is 14.7 Å². The lowest BCUT2D eigenvalue weighted by molar-refractivity contribution is -0.148. The van der Waals surface area contributed by atoms with Crippen LogP contribution < -0.4 is 10.8 Å². The Morgan fingerprint density at radius 2 is 2.05 bits per heavy atom. The summed E-state index contributed by atoms with van der Waals surface area (Å²) >= 11 is 0. The maximum atomic E-state index is 12.8. The molecule has 0 heterocycles. The van der Waals surface area contributed by atoms with Crippen LogP contribution in [0.3, 0.4) is 0 Å². The highest BCUT2D eigenvalue weighted by molar-refractivity contribution is 5.96. The number of rotatable bonds is 6. The van der Waals surface area contributed by atoms with Gasteiger partial charge in [0.25, 0.3) is 11.8 Å². The first-order chi connectivity index (χ1) is 8.99. The Bertz CT molecular complexity index is 492. The largest absolute Gasteiger partial charge is 0.479 e. The number of carboxylic acid groups (broad SMARTS) is 1. The van der Waals surface area contributed by atoms with Crippen molar-refractivity contribution in [2.45, 2.75) is 0 Å². The molecule has 0 aliphatic rings. The highest BCUT2D eigenvalue weighted by atomic mass is 19.1. The topological polar surface area (TPSA) is 105 Å². The van der Waals surface area contributed by atoms with Gasteiger partial charge in [0.2, 0.25) is 0 Å². The van der Waals surface area contributed by atoms with Crippen molar-refractivity contribution < 1.29 is 28.7 Å². The minimum atomic E-state index is -1.25. The van der Waals surface area contributed by atoms with E-state index in [1.165, 1.54) is 18.2 Å². The van der Waals surface area contributed by atoms with Crippen molar-refractivity contribution in [1.29, 1.82) is 0 Å². The number of halogens is 1. The molecule has 3 N–H and O–H groups in total. The van der Waals surface area contributed by atoms with E-state index in [0.29, 0.717) is 0 Å². The lowest BCUT2D eigenvalue weighted by Crippen LogP contribution is -2.37. The predicted octanol–water partition coefficient (Wildman–Crippen LogP) is -0.312. The molecular formula is C11H11FN2O5. The third kappa shape index (κ3) is 5.59. The van der Waals surface area contributed by atoms with Crippen molar-refractivity contribution in [2.24, 2.45) is 0 Å². The molecule has 19 heavy (non-hydrogen) atoms. The van der Waals surface area contributed by atoms with Crippen LogP contribution in [-0.2, 0) is 14.4 Å². The fourth-order valence-corrected chi connectivity index (χ4v) is 1.11. The first kappa shape index (κ1) is 14.6. The lowest BCUT2D eigenvalue weighted by Gasteiger charge is -2.06. The van der Waals surface area contributed by atoms with Crippen LogP contribution in [0.4, 0.5) is 4.39 Å². The summed E-state index contributed by atoms with van der Waals surface area (Å²) in [7, 11) is 0. The van der Waals surface area contributed by atoms with Crippen molar-refractivity contribution in [3.05, 3.63) is 35.6 Å². The van der Waals surface area contributed by atoms with E-state index in [0.717, 1.165) is 6.07 Å². The van der Waals surface area contributed by atoms with Crippen molar-refractivity contribution >= 4 is 17.8 Å². The minimum Gasteiger partial charge on any atom is -0.479 e. The quantitative estimate of drug-likeness (QED) is 0.615. The smallest absolute Gasteiger partial charge is 0.332 e. The standard InChI is InChI=1S/C11H11FN2O5/c12-8-3-1-2-7(4-8)11(18)13-5-9(15)14-19-6-10(16)17/h1-4H,5-6H2,(H,13,18)(H,14,15)(H,16,17). The van der Waals surface area contributed by atoms with Crippen LogP contribution >= 0.6 is 0 Å². The molecule has 0 radical (unpaired) electrons. The van der Waals surface area contributed by atoms with Gasteiger partial charge in [-0.3, -0.25) is 14.4 Å². The molecule has 7 nitrogen and oxygen atoms in total. The van der Waals surface area contributed by atoms with E-state index in [2.05, 4.69) is 10.2 Å². The van der Waals surface area contributed by atoms with Crippen molar-refractivity contribution in [3.8, 4) is 0 Å². The molecule has 0 unspecified atom stereocenters. The molecule has 8 heteroatoms. The number of aliphatic carboxylic acids is 1. The molecule has 1 rings (SSSR count). The molecule has 1 aromatic carbocycles. The van der Waals surface area contributed by atoms with Crippen LogP contribution in [-0.4, -0.2) is 36.0 Å². The number of hydrogen-bond donors (Lipinski definition) is 3. The highest BCUT2D eigenvalue weighted by Gasteiger charge is 2.09. The molecule has 0 aliphatic heterocycles. The Hall–Kier alpha value is -2.48. The van der Waals surface area contributed by atoms with Gasteiger partial charge in [0.15, 0.2) is 6.61 Å². The Morgan fingerprint density at radius 1 is 1.32 bits per heavy atom. The molecule has 0 saturated carbocycles. The van der Waals surface area contributed by atoms with Crippen LogP contribution in [0, 0.1) is 5.82 Å². The number of hydrogen-bond acceptors (Lipinski definition) is 4. The molecule has 0 bridgehead atoms. The van der Waals surface area contributed by atoms with E-state index >= 15 is 0 Å². The van der Waals surface area contributed by atoms with Gasteiger partial charge in [-0.15, -0.1) is 0 Å². The average molecular weight is 270 g/mol. The number of carboxylic acids is 1. The summed E-state index contributed by atoms with van der Waals surface area (Å²) in [5.74, 6) is -3.18. The molecule has 0 spiro atoms. The normalized spacial score (nSPS) is 9.74. The molecule has 102 valence electrons. The van der Waals surface area contributed by atoms with Gasteiger partial charge in [0.05, 0.1) is 6.54 Å². The number of hydroxylamine groups is 1. The van der Waals surface area contributed by atoms with Crippen molar-refractivity contribution in [3.63, 3.8) is 0 Å². The van der Waals surface area contributed by atoms with Gasteiger partial charge in [-0.1, -0.05) is 6.07 Å². The van der Waals surface area contributed by atoms with E-state index < -0.39 is 36.8 Å². The second-order valence-corrected chi connectivity index (χ2v) is 3.40. The fraction of sp³-hybridized carbons (Fsp3) is 0.182. The van der Waals surface area contributed by atoms with Gasteiger partial charge in [-0.05, 0) is 18.2 Å². The van der Waals surface area contributed by atoms with Crippen LogP contribution in [0.1, 0.15) is 10.4 Å². The zero-order chi connectivity index (χ0) is 14.3. The predicted molar refractivity (Wildman–Crippen MR) is 60.5 cm³/mol. The Kier molecular flexibility index (Phi) is 5.42. The highest BCUT2D eigenvalue weighted by Crippen LogP contribution is 2.02. The van der Waals surface area contributed by atoms with E-state index in [-0.39, 0.29) is 5.56 Å². The van der Waals surface area contributed by atoms with Crippen LogP contribution in [0.5, 0.6) is 0 Å². The monoisotopic (exact) mass is 270 g/mol. The number of nitrogens with one attached hydrogen (secondary N) is 2. The van der Waals surface area contributed by atoms with Crippen molar-refractivity contribution in [1.82, 2.24) is 10.8 Å². The van der Waals surface area contributed by atoms with Gasteiger partial charge >= 0.3 is 5.97 Å². The summed E-state index contributed by atoms with van der Waals surface area (Å²) in [6, 6.07) is 4.95. The Balaban J connectivity index is 2.34. The molecule has 1 aromatic rings. The Morgan fingerprint density at radius 3 is 2.68 bits per heavy atom. The molecule has 0 atom stereocenters. The summed E-state index contributed by atoms with van der Waals surface area (Å²) in [6.45, 7) is -1.11. The molecule has 0 aromatic heterocycles. The third-order valence-corrected chi connectivity index (χ3v) is 1.88. The van der Waals surface area contributed by atoms with E-state index in [1.54, 1.807) is 0 Å². The number of amides is 2. The zero-order valence-corrected chi connectivity index (χ0v) is 9.68. The average Bonchev–Trinajstić information content (AvgIpc) is 2.35. The maximum absolute atomic E-state index is 12.8. The summed E-state index contributed by atoms with van der Waals surface area (Å²) in [4.78, 5) is 37.0. The summed E-state index contributed by atoms with van der Waals surface area (Å²) in [5.41, 5.74) is 1.89. The van der Waals surface area contributed by atoms with E-state index in [1.807, 2.05) is 5.48 Å². The van der Waals surface area contributed by atoms with Crippen molar-refractivity contribution in [2.75, 3.05) is 13.2 Å². The van der Waals surface area contributed by atoms with E-state index in [4.69, 9.17) is 5.11 Å². The Labute approximate surface area is 107 Å². The number of carbonyl (C=O) groups is 3. The zero-order valence-electron chi connectivity index (χ0n) is 9.68. The second kappa shape index (κ2) is 7.07. The number of benzene rings is 1. The third-order valence-electron chi connectivity index (χ3n) is 1.88. The molecular weight excluding hydrogens is 259 g/mol. The first-order valence-electron chi connectivity index (χ1n) is 5.15. The van der Waals surface area contributed by atoms with Crippen LogP contribution in [0.25, 0.3) is 0 Å². The van der Waals surface area contributed by atoms with Gasteiger partial charge in [0, 0.05) is 5.56 Å². The molecule has 2 amide bonds. The van der Waals surface area contributed by atoms with Gasteiger partial charge in [-0.2, -0.15) is 0 Å². The van der Waals surface area contributed by atoms with Gasteiger partial charge < -0.3 is 10.4 Å². The van der Waals surface area contributed by atoms with Crippen LogP contribution in [0.2, 0.25) is 0 Å².